The molecule has 3 aliphatic carbocycles. The van der Waals surface area contributed by atoms with Crippen molar-refractivity contribution in [3.05, 3.63) is 0 Å². The molecule has 0 heterocycles. The molecule has 3 rings (SSSR count). The maximum Gasteiger partial charge on any atom is 0.306 e. The molecule has 13 heavy (non-hydrogen) atoms. The van der Waals surface area contributed by atoms with Crippen LogP contribution in [0.3, 0.4) is 0 Å². The third kappa shape index (κ3) is 0.918. The average molecular weight is 180 g/mol. The van der Waals surface area contributed by atoms with E-state index in [0.717, 1.165) is 24.2 Å². The maximum absolute atomic E-state index is 11.0. The third-order valence-corrected chi connectivity index (χ3v) is 4.75. The molecule has 0 saturated heterocycles. The Bertz CT molecular complexity index is 248. The van der Waals surface area contributed by atoms with Crippen molar-refractivity contribution in [2.75, 3.05) is 0 Å². The van der Waals surface area contributed by atoms with Crippen LogP contribution in [0.2, 0.25) is 0 Å². The SMILES string of the molecule is O=C(O)[C@@H]1CC[C@H]2[C@H]3CC[C@@H](C3)[C@@H]21. The van der Waals surface area contributed by atoms with Gasteiger partial charge in [0.25, 0.3) is 0 Å². The Morgan fingerprint density at radius 3 is 2.62 bits per heavy atom. The summed E-state index contributed by atoms with van der Waals surface area (Å²) < 4.78 is 0. The summed E-state index contributed by atoms with van der Waals surface area (Å²) in [7, 11) is 0. The van der Waals surface area contributed by atoms with E-state index in [1.807, 2.05) is 0 Å². The average Bonchev–Trinajstić information content (AvgIpc) is 2.76. The van der Waals surface area contributed by atoms with E-state index in [4.69, 9.17) is 5.11 Å². The zero-order valence-electron chi connectivity index (χ0n) is 7.78. The van der Waals surface area contributed by atoms with Crippen LogP contribution < -0.4 is 0 Å². The van der Waals surface area contributed by atoms with Crippen molar-refractivity contribution in [2.45, 2.75) is 32.1 Å². The van der Waals surface area contributed by atoms with Gasteiger partial charge in [0, 0.05) is 0 Å². The lowest BCUT2D eigenvalue weighted by molar-refractivity contribution is -0.143. The Labute approximate surface area is 78.3 Å². The minimum absolute atomic E-state index is 0.0142. The molecule has 5 atom stereocenters. The van der Waals surface area contributed by atoms with Gasteiger partial charge in [-0.15, -0.1) is 0 Å². The summed E-state index contributed by atoms with van der Waals surface area (Å²) in [4.78, 5) is 11.0. The second-order valence-electron chi connectivity index (χ2n) is 5.10. The van der Waals surface area contributed by atoms with Gasteiger partial charge in [-0.2, -0.15) is 0 Å². The monoisotopic (exact) mass is 180 g/mol. The number of carboxylic acids is 1. The van der Waals surface area contributed by atoms with Gasteiger partial charge < -0.3 is 5.11 Å². The molecule has 1 N–H and O–H groups in total. The second kappa shape index (κ2) is 2.49. The zero-order chi connectivity index (χ0) is 9.00. The third-order valence-electron chi connectivity index (χ3n) is 4.75. The molecule has 0 unspecified atom stereocenters. The highest BCUT2D eigenvalue weighted by molar-refractivity contribution is 5.71. The highest BCUT2D eigenvalue weighted by Gasteiger charge is 2.55. The fourth-order valence-corrected chi connectivity index (χ4v) is 4.36. The lowest BCUT2D eigenvalue weighted by atomic mass is 9.78. The highest BCUT2D eigenvalue weighted by atomic mass is 16.4. The molecule has 0 aliphatic heterocycles. The summed E-state index contributed by atoms with van der Waals surface area (Å²) >= 11 is 0. The topological polar surface area (TPSA) is 37.3 Å². The Morgan fingerprint density at radius 1 is 1.08 bits per heavy atom. The number of hydrogen-bond donors (Lipinski definition) is 1. The lowest BCUT2D eigenvalue weighted by Gasteiger charge is -2.26. The number of rotatable bonds is 1. The Balaban J connectivity index is 1.87. The first-order valence-corrected chi connectivity index (χ1v) is 5.50. The quantitative estimate of drug-likeness (QED) is 0.671. The largest absolute Gasteiger partial charge is 0.481 e. The molecule has 0 amide bonds. The van der Waals surface area contributed by atoms with Gasteiger partial charge in [-0.3, -0.25) is 4.79 Å². The number of carbonyl (C=O) groups is 1. The molecule has 0 aromatic carbocycles. The molecular formula is C11H16O2. The molecule has 3 saturated carbocycles. The van der Waals surface area contributed by atoms with Crippen LogP contribution in [0, 0.1) is 29.6 Å². The smallest absolute Gasteiger partial charge is 0.306 e. The number of carboxylic acid groups (broad SMARTS) is 1. The maximum atomic E-state index is 11.0. The fourth-order valence-electron chi connectivity index (χ4n) is 4.36. The van der Waals surface area contributed by atoms with E-state index < -0.39 is 5.97 Å². The standard InChI is InChI=1S/C11H16O2/c12-11(13)9-4-3-8-6-1-2-7(5-6)10(8)9/h6-10H,1-5H2,(H,12,13)/t6-,7-,8-,9+,10-/m0/s1. The minimum atomic E-state index is -0.528. The summed E-state index contributed by atoms with van der Waals surface area (Å²) in [5.41, 5.74) is 0. The molecular weight excluding hydrogens is 164 g/mol. The second-order valence-corrected chi connectivity index (χ2v) is 5.10. The van der Waals surface area contributed by atoms with Crippen LogP contribution in [-0.4, -0.2) is 11.1 Å². The van der Waals surface area contributed by atoms with Crippen LogP contribution in [0.4, 0.5) is 0 Å². The lowest BCUT2D eigenvalue weighted by Crippen LogP contribution is -2.26. The van der Waals surface area contributed by atoms with Gasteiger partial charge in [-0.05, 0) is 55.8 Å². The first-order valence-electron chi connectivity index (χ1n) is 5.50. The van der Waals surface area contributed by atoms with E-state index >= 15 is 0 Å². The van der Waals surface area contributed by atoms with Gasteiger partial charge in [-0.1, -0.05) is 0 Å². The van der Waals surface area contributed by atoms with Crippen LogP contribution in [0.5, 0.6) is 0 Å². The Hall–Kier alpha value is -0.530. The molecule has 3 fully saturated rings. The molecule has 3 aliphatic rings. The van der Waals surface area contributed by atoms with Crippen molar-refractivity contribution in [3.63, 3.8) is 0 Å². The number of aliphatic carboxylic acids is 1. The summed E-state index contributed by atoms with van der Waals surface area (Å²) in [5.74, 6) is 2.52. The van der Waals surface area contributed by atoms with E-state index in [-0.39, 0.29) is 5.92 Å². The van der Waals surface area contributed by atoms with Gasteiger partial charge in [0.2, 0.25) is 0 Å². The molecule has 0 aromatic heterocycles. The summed E-state index contributed by atoms with van der Waals surface area (Å²) in [6.45, 7) is 0. The van der Waals surface area contributed by atoms with Crippen LogP contribution >= 0.6 is 0 Å². The van der Waals surface area contributed by atoms with Crippen molar-refractivity contribution >= 4 is 5.97 Å². The summed E-state index contributed by atoms with van der Waals surface area (Å²) in [6, 6.07) is 0. The summed E-state index contributed by atoms with van der Waals surface area (Å²) in [6.07, 6.45) is 6.20. The van der Waals surface area contributed by atoms with Gasteiger partial charge in [0.1, 0.15) is 0 Å². The van der Waals surface area contributed by atoms with Crippen molar-refractivity contribution < 1.29 is 9.90 Å². The molecule has 0 radical (unpaired) electrons. The van der Waals surface area contributed by atoms with Gasteiger partial charge in [-0.25, -0.2) is 0 Å². The first-order chi connectivity index (χ1) is 6.27. The predicted molar refractivity (Wildman–Crippen MR) is 48.2 cm³/mol. The van der Waals surface area contributed by atoms with Crippen LogP contribution in [0.25, 0.3) is 0 Å². The van der Waals surface area contributed by atoms with Crippen molar-refractivity contribution in [1.82, 2.24) is 0 Å². The van der Waals surface area contributed by atoms with Crippen LogP contribution in [-0.2, 0) is 4.79 Å². The molecule has 0 aromatic rings. The van der Waals surface area contributed by atoms with Crippen LogP contribution in [0.1, 0.15) is 32.1 Å². The minimum Gasteiger partial charge on any atom is -0.481 e. The van der Waals surface area contributed by atoms with E-state index in [0.29, 0.717) is 5.92 Å². The summed E-state index contributed by atoms with van der Waals surface area (Å²) in [5, 5.41) is 9.09. The molecule has 2 bridgehead atoms. The molecule has 2 heteroatoms. The van der Waals surface area contributed by atoms with E-state index in [1.165, 1.54) is 25.7 Å². The zero-order valence-corrected chi connectivity index (χ0v) is 7.78. The van der Waals surface area contributed by atoms with E-state index in [1.54, 1.807) is 0 Å². The van der Waals surface area contributed by atoms with Crippen molar-refractivity contribution in [2.24, 2.45) is 29.6 Å². The number of fused-ring (bicyclic) bond motifs is 5. The van der Waals surface area contributed by atoms with Gasteiger partial charge >= 0.3 is 5.97 Å². The number of hydrogen-bond acceptors (Lipinski definition) is 1. The Morgan fingerprint density at radius 2 is 1.85 bits per heavy atom. The van der Waals surface area contributed by atoms with Crippen molar-refractivity contribution in [1.29, 1.82) is 0 Å². The van der Waals surface area contributed by atoms with Crippen LogP contribution in [0.15, 0.2) is 0 Å². The first kappa shape index (κ1) is 7.84. The fraction of sp³-hybridized carbons (Fsp3) is 0.909. The van der Waals surface area contributed by atoms with E-state index in [2.05, 4.69) is 0 Å². The Kier molecular flexibility index (Phi) is 1.50. The molecule has 0 spiro atoms. The molecule has 2 nitrogen and oxygen atoms in total. The molecule has 72 valence electrons. The van der Waals surface area contributed by atoms with E-state index in [9.17, 15) is 4.79 Å². The van der Waals surface area contributed by atoms with Crippen molar-refractivity contribution in [3.8, 4) is 0 Å². The predicted octanol–water partition coefficient (Wildman–Crippen LogP) is 2.14. The highest BCUT2D eigenvalue weighted by Crippen LogP contribution is 2.60. The normalized spacial score (nSPS) is 52.5. The van der Waals surface area contributed by atoms with Gasteiger partial charge in [0.05, 0.1) is 5.92 Å². The van der Waals surface area contributed by atoms with Gasteiger partial charge in [0.15, 0.2) is 0 Å².